The Morgan fingerprint density at radius 3 is 2.53 bits per heavy atom. The minimum Gasteiger partial charge on any atom is -0.493 e. The van der Waals surface area contributed by atoms with Crippen LogP contribution in [0.4, 0.5) is 0 Å². The molecule has 1 aromatic rings. The number of carbonyl (C=O) groups excluding carboxylic acids is 1. The van der Waals surface area contributed by atoms with Gasteiger partial charge in [-0.3, -0.25) is 4.79 Å². The van der Waals surface area contributed by atoms with Crippen LogP contribution in [0.5, 0.6) is 11.5 Å². The van der Waals surface area contributed by atoms with E-state index >= 15 is 0 Å². The van der Waals surface area contributed by atoms with Crippen molar-refractivity contribution in [3.05, 3.63) is 23.3 Å². The second-order valence-corrected chi connectivity index (χ2v) is 5.43. The Morgan fingerprint density at radius 2 is 1.84 bits per heavy atom. The monoisotopic (exact) mass is 261 g/mol. The average molecular weight is 261 g/mol. The van der Waals surface area contributed by atoms with Crippen LogP contribution in [0.2, 0.25) is 0 Å². The van der Waals surface area contributed by atoms with Gasteiger partial charge in [-0.15, -0.1) is 0 Å². The third-order valence-corrected chi connectivity index (χ3v) is 4.52. The van der Waals surface area contributed by atoms with E-state index < -0.39 is 0 Å². The minimum atomic E-state index is -0.176. The molecule has 3 rings (SSSR count). The number of ether oxygens (including phenoxy) is 2. The van der Waals surface area contributed by atoms with Gasteiger partial charge in [-0.05, 0) is 43.0 Å². The number of methoxy groups -OCH3 is 2. The second kappa shape index (κ2) is 4.15. The van der Waals surface area contributed by atoms with Gasteiger partial charge in [-0.1, -0.05) is 0 Å². The van der Waals surface area contributed by atoms with E-state index in [0.29, 0.717) is 6.42 Å². The quantitative estimate of drug-likeness (QED) is 0.818. The summed E-state index contributed by atoms with van der Waals surface area (Å²) in [5.41, 5.74) is 2.30. The highest BCUT2D eigenvalue weighted by atomic mass is 16.5. The molecule has 4 heteroatoms. The zero-order valence-electron chi connectivity index (χ0n) is 11.7. The zero-order valence-corrected chi connectivity index (χ0v) is 11.7. The van der Waals surface area contributed by atoms with Crippen molar-refractivity contribution in [2.24, 2.45) is 0 Å². The van der Waals surface area contributed by atoms with Crippen molar-refractivity contribution >= 4 is 5.91 Å². The Balaban J connectivity index is 2.15. The molecule has 1 amide bonds. The number of hydrogen-bond acceptors (Lipinski definition) is 3. The Kier molecular flexibility index (Phi) is 2.69. The summed E-state index contributed by atoms with van der Waals surface area (Å²) in [4.78, 5) is 14.0. The van der Waals surface area contributed by atoms with Crippen molar-refractivity contribution in [1.82, 2.24) is 4.90 Å². The maximum absolute atomic E-state index is 12.0. The molecule has 102 valence electrons. The molecule has 1 aromatic carbocycles. The predicted molar refractivity (Wildman–Crippen MR) is 71.5 cm³/mol. The molecule has 0 N–H and O–H groups in total. The minimum absolute atomic E-state index is 0.176. The van der Waals surface area contributed by atoms with Crippen molar-refractivity contribution in [2.75, 3.05) is 20.8 Å². The first-order valence-corrected chi connectivity index (χ1v) is 6.66. The summed E-state index contributed by atoms with van der Waals surface area (Å²) >= 11 is 0. The topological polar surface area (TPSA) is 38.8 Å². The van der Waals surface area contributed by atoms with Crippen LogP contribution in [0.3, 0.4) is 0 Å². The van der Waals surface area contributed by atoms with Crippen LogP contribution in [0.1, 0.15) is 30.9 Å². The molecular formula is C15H19NO3. The number of benzene rings is 1. The molecule has 2 aliphatic heterocycles. The molecule has 0 saturated carbocycles. The summed E-state index contributed by atoms with van der Waals surface area (Å²) in [6.45, 7) is 2.96. The van der Waals surface area contributed by atoms with Gasteiger partial charge >= 0.3 is 0 Å². The number of hydrogen-bond donors (Lipinski definition) is 0. The van der Waals surface area contributed by atoms with E-state index in [0.717, 1.165) is 30.9 Å². The van der Waals surface area contributed by atoms with E-state index in [1.54, 1.807) is 14.2 Å². The lowest BCUT2D eigenvalue weighted by Gasteiger charge is -2.41. The molecule has 0 radical (unpaired) electrons. The van der Waals surface area contributed by atoms with Crippen LogP contribution < -0.4 is 9.47 Å². The number of carbonyl (C=O) groups is 1. The average Bonchev–Trinajstić information content (AvgIpc) is 2.73. The molecule has 4 nitrogen and oxygen atoms in total. The fourth-order valence-electron chi connectivity index (χ4n) is 3.41. The standard InChI is InChI=1S/C15H19NO3/c1-15-6-4-14(17)16(15)7-5-10-8-12(18-2)13(19-3)9-11(10)15/h8-9H,4-7H2,1-3H3/t15-/m0/s1. The van der Waals surface area contributed by atoms with Crippen LogP contribution in [0.15, 0.2) is 12.1 Å². The van der Waals surface area contributed by atoms with Crippen molar-refractivity contribution < 1.29 is 14.3 Å². The zero-order chi connectivity index (χ0) is 13.6. The molecule has 1 saturated heterocycles. The summed E-state index contributed by atoms with van der Waals surface area (Å²) in [6.07, 6.45) is 2.41. The summed E-state index contributed by atoms with van der Waals surface area (Å²) < 4.78 is 10.8. The Morgan fingerprint density at radius 1 is 1.16 bits per heavy atom. The molecule has 19 heavy (non-hydrogen) atoms. The SMILES string of the molecule is COc1cc2c(cc1OC)[C@]1(C)CCC(=O)N1CC2. The van der Waals surface area contributed by atoms with Crippen molar-refractivity contribution in [3.8, 4) is 11.5 Å². The van der Waals surface area contributed by atoms with E-state index in [1.807, 2.05) is 11.0 Å². The van der Waals surface area contributed by atoms with Gasteiger partial charge in [-0.2, -0.15) is 0 Å². The highest BCUT2D eigenvalue weighted by Crippen LogP contribution is 2.46. The summed E-state index contributed by atoms with van der Waals surface area (Å²) in [5.74, 6) is 1.77. The van der Waals surface area contributed by atoms with Crippen LogP contribution in [0.25, 0.3) is 0 Å². The van der Waals surface area contributed by atoms with Gasteiger partial charge in [-0.25, -0.2) is 0 Å². The summed E-state index contributed by atoms with van der Waals surface area (Å²) in [5, 5.41) is 0. The smallest absolute Gasteiger partial charge is 0.223 e. The van der Waals surface area contributed by atoms with Gasteiger partial charge in [0, 0.05) is 13.0 Å². The highest BCUT2D eigenvalue weighted by Gasteiger charge is 2.46. The molecule has 2 aliphatic rings. The molecule has 0 unspecified atom stereocenters. The van der Waals surface area contributed by atoms with E-state index in [4.69, 9.17) is 9.47 Å². The van der Waals surface area contributed by atoms with Crippen LogP contribution in [-0.2, 0) is 16.8 Å². The van der Waals surface area contributed by atoms with E-state index in [-0.39, 0.29) is 11.4 Å². The maximum atomic E-state index is 12.0. The normalized spacial score (nSPS) is 25.0. The first-order chi connectivity index (χ1) is 9.10. The molecule has 1 fully saturated rings. The van der Waals surface area contributed by atoms with Crippen molar-refractivity contribution in [1.29, 1.82) is 0 Å². The molecule has 0 aliphatic carbocycles. The maximum Gasteiger partial charge on any atom is 0.223 e. The van der Waals surface area contributed by atoms with Crippen LogP contribution in [-0.4, -0.2) is 31.6 Å². The first-order valence-electron chi connectivity index (χ1n) is 6.66. The lowest BCUT2D eigenvalue weighted by atomic mass is 9.81. The Bertz CT molecular complexity index is 540. The largest absolute Gasteiger partial charge is 0.493 e. The number of rotatable bonds is 2. The van der Waals surface area contributed by atoms with Gasteiger partial charge in [0.05, 0.1) is 19.8 Å². The molecule has 0 aromatic heterocycles. The van der Waals surface area contributed by atoms with Gasteiger partial charge < -0.3 is 14.4 Å². The Hall–Kier alpha value is -1.71. The molecule has 2 heterocycles. The van der Waals surface area contributed by atoms with Gasteiger partial charge in [0.2, 0.25) is 5.91 Å². The lowest BCUT2D eigenvalue weighted by molar-refractivity contribution is -0.131. The summed E-state index contributed by atoms with van der Waals surface area (Å²) in [6, 6.07) is 4.10. The van der Waals surface area contributed by atoms with E-state index in [2.05, 4.69) is 13.0 Å². The Labute approximate surface area is 113 Å². The van der Waals surface area contributed by atoms with Crippen LogP contribution >= 0.6 is 0 Å². The van der Waals surface area contributed by atoms with Gasteiger partial charge in [0.25, 0.3) is 0 Å². The van der Waals surface area contributed by atoms with Gasteiger partial charge in [0.1, 0.15) is 0 Å². The number of amides is 1. The molecule has 0 bridgehead atoms. The fraction of sp³-hybridized carbons (Fsp3) is 0.533. The second-order valence-electron chi connectivity index (χ2n) is 5.43. The van der Waals surface area contributed by atoms with Gasteiger partial charge in [0.15, 0.2) is 11.5 Å². The molecule has 1 atom stereocenters. The first kappa shape index (κ1) is 12.3. The van der Waals surface area contributed by atoms with Crippen molar-refractivity contribution in [2.45, 2.75) is 31.7 Å². The van der Waals surface area contributed by atoms with E-state index in [9.17, 15) is 4.79 Å². The molecule has 0 spiro atoms. The third kappa shape index (κ3) is 1.62. The molecular weight excluding hydrogens is 242 g/mol. The van der Waals surface area contributed by atoms with Crippen LogP contribution in [0, 0.1) is 0 Å². The third-order valence-electron chi connectivity index (χ3n) is 4.52. The predicted octanol–water partition coefficient (Wildman–Crippen LogP) is 2.10. The van der Waals surface area contributed by atoms with E-state index in [1.165, 1.54) is 11.1 Å². The number of fused-ring (bicyclic) bond motifs is 3. The number of nitrogens with zero attached hydrogens (tertiary/aromatic N) is 1. The highest BCUT2D eigenvalue weighted by molar-refractivity contribution is 5.80. The lowest BCUT2D eigenvalue weighted by Crippen LogP contribution is -2.46. The van der Waals surface area contributed by atoms with Crippen molar-refractivity contribution in [3.63, 3.8) is 0 Å². The summed E-state index contributed by atoms with van der Waals surface area (Å²) in [7, 11) is 3.30. The fourth-order valence-corrected chi connectivity index (χ4v) is 3.41.